The zero-order chi connectivity index (χ0) is 21.0. The number of esters is 1. The molecule has 0 aliphatic rings. The molecule has 2 aromatic carbocycles. The molecule has 0 saturated heterocycles. The van der Waals surface area contributed by atoms with Crippen LogP contribution in [0.25, 0.3) is 5.76 Å². The van der Waals surface area contributed by atoms with Gasteiger partial charge in [-0.25, -0.2) is 4.79 Å². The Hall–Kier alpha value is -2.23. The van der Waals surface area contributed by atoms with Crippen molar-refractivity contribution in [3.63, 3.8) is 0 Å². The largest absolute Gasteiger partial charge is 0.421 e. The van der Waals surface area contributed by atoms with Crippen LogP contribution in [0.5, 0.6) is 0 Å². The summed E-state index contributed by atoms with van der Waals surface area (Å²) in [6, 6.07) is 10.3. The molecule has 0 spiro atoms. The fourth-order valence-electron chi connectivity index (χ4n) is 2.14. The molecule has 0 saturated carbocycles. The maximum Gasteiger partial charge on any atom is 0.345 e. The van der Waals surface area contributed by atoms with Gasteiger partial charge in [0.25, 0.3) is 5.91 Å². The number of hydrogen-bond acceptors (Lipinski definition) is 4. The number of nitrogens with zero attached hydrogens (tertiary/aromatic N) is 2. The SMILES string of the molecule is CN(C)C(=O)C(C#N)=C(OC(=O)c1ccc(Cl)cc1Cl)c1ccc(Cl)cc1Cl. The monoisotopic (exact) mass is 456 g/mol. The zero-order valence-electron chi connectivity index (χ0n) is 14.6. The lowest BCUT2D eigenvalue weighted by atomic mass is 10.1. The van der Waals surface area contributed by atoms with E-state index in [-0.39, 0.29) is 26.9 Å². The van der Waals surface area contributed by atoms with E-state index in [0.29, 0.717) is 10.0 Å². The lowest BCUT2D eigenvalue weighted by Crippen LogP contribution is -2.24. The molecule has 28 heavy (non-hydrogen) atoms. The molecular formula is C19H12Cl4N2O3. The molecule has 0 unspecified atom stereocenters. The molecule has 0 heterocycles. The Morgan fingerprint density at radius 1 is 0.929 bits per heavy atom. The number of halogens is 4. The highest BCUT2D eigenvalue weighted by molar-refractivity contribution is 6.37. The predicted molar refractivity (Wildman–Crippen MR) is 110 cm³/mol. The Kier molecular flexibility index (Phi) is 7.34. The summed E-state index contributed by atoms with van der Waals surface area (Å²) >= 11 is 24.0. The minimum absolute atomic E-state index is 0.00300. The van der Waals surface area contributed by atoms with Crippen LogP contribution in [0.4, 0.5) is 0 Å². The van der Waals surface area contributed by atoms with Gasteiger partial charge in [0.1, 0.15) is 6.07 Å². The van der Waals surface area contributed by atoms with Crippen molar-refractivity contribution in [2.45, 2.75) is 0 Å². The zero-order valence-corrected chi connectivity index (χ0v) is 17.6. The quantitative estimate of drug-likeness (QED) is 0.264. The highest BCUT2D eigenvalue weighted by Crippen LogP contribution is 2.32. The molecule has 0 aliphatic carbocycles. The van der Waals surface area contributed by atoms with Crippen LogP contribution in [0.1, 0.15) is 15.9 Å². The second kappa shape index (κ2) is 9.31. The average molecular weight is 458 g/mol. The number of ether oxygens (including phenoxy) is 1. The Bertz CT molecular complexity index is 1030. The highest BCUT2D eigenvalue weighted by Gasteiger charge is 2.25. The molecule has 0 atom stereocenters. The van der Waals surface area contributed by atoms with Gasteiger partial charge in [-0.3, -0.25) is 4.79 Å². The average Bonchev–Trinajstić information content (AvgIpc) is 2.61. The fraction of sp³-hybridized carbons (Fsp3) is 0.105. The second-order valence-corrected chi connectivity index (χ2v) is 7.34. The van der Waals surface area contributed by atoms with Crippen LogP contribution in [0.2, 0.25) is 20.1 Å². The molecule has 144 valence electrons. The van der Waals surface area contributed by atoms with E-state index in [9.17, 15) is 14.9 Å². The van der Waals surface area contributed by atoms with Gasteiger partial charge in [-0.05, 0) is 36.4 Å². The first-order valence-corrected chi connectivity index (χ1v) is 9.15. The van der Waals surface area contributed by atoms with E-state index in [1.165, 1.54) is 55.4 Å². The third-order valence-corrected chi connectivity index (χ3v) is 4.58. The summed E-state index contributed by atoms with van der Waals surface area (Å²) < 4.78 is 5.40. The van der Waals surface area contributed by atoms with E-state index in [0.717, 1.165) is 0 Å². The van der Waals surface area contributed by atoms with Crippen LogP contribution < -0.4 is 0 Å². The highest BCUT2D eigenvalue weighted by atomic mass is 35.5. The predicted octanol–water partition coefficient (Wildman–Crippen LogP) is 5.48. The van der Waals surface area contributed by atoms with Crippen molar-refractivity contribution in [3.8, 4) is 6.07 Å². The normalized spacial score (nSPS) is 11.3. The third-order valence-electron chi connectivity index (χ3n) is 3.48. The van der Waals surface area contributed by atoms with Gasteiger partial charge in [0, 0.05) is 29.7 Å². The first kappa shape index (κ1) is 22.1. The minimum Gasteiger partial charge on any atom is -0.421 e. The summed E-state index contributed by atoms with van der Waals surface area (Å²) in [4.78, 5) is 26.3. The standard InChI is InChI=1S/C19H12Cl4N2O3/c1-25(2)18(26)14(9-24)17(12-5-3-10(20)7-15(12)22)28-19(27)13-6-4-11(21)8-16(13)23/h3-8H,1-2H3. The van der Waals surface area contributed by atoms with Gasteiger partial charge in [-0.15, -0.1) is 0 Å². The summed E-state index contributed by atoms with van der Waals surface area (Å²) in [7, 11) is 2.91. The van der Waals surface area contributed by atoms with Gasteiger partial charge < -0.3 is 9.64 Å². The summed E-state index contributed by atoms with van der Waals surface area (Å²) in [6.45, 7) is 0. The molecule has 0 aromatic heterocycles. The molecular weight excluding hydrogens is 446 g/mol. The topological polar surface area (TPSA) is 70.4 Å². The Labute approximate surface area is 181 Å². The molecule has 0 radical (unpaired) electrons. The van der Waals surface area contributed by atoms with E-state index in [4.69, 9.17) is 51.1 Å². The number of rotatable bonds is 4. The number of likely N-dealkylation sites (N-methyl/N-ethyl adjacent to an activating group) is 1. The Balaban J connectivity index is 2.63. The van der Waals surface area contributed by atoms with E-state index < -0.39 is 17.4 Å². The molecule has 2 aromatic rings. The smallest absolute Gasteiger partial charge is 0.345 e. The van der Waals surface area contributed by atoms with Crippen LogP contribution in [-0.2, 0) is 9.53 Å². The van der Waals surface area contributed by atoms with Crippen molar-refractivity contribution in [1.29, 1.82) is 5.26 Å². The summed E-state index contributed by atoms with van der Waals surface area (Å²) in [5, 5.41) is 10.3. The lowest BCUT2D eigenvalue weighted by molar-refractivity contribution is -0.124. The first-order chi connectivity index (χ1) is 13.1. The van der Waals surface area contributed by atoms with Crippen LogP contribution in [0.15, 0.2) is 42.0 Å². The number of nitriles is 1. The van der Waals surface area contributed by atoms with E-state index in [2.05, 4.69) is 0 Å². The molecule has 1 amide bonds. The first-order valence-electron chi connectivity index (χ1n) is 7.64. The molecule has 0 fully saturated rings. The van der Waals surface area contributed by atoms with E-state index in [1.807, 2.05) is 0 Å². The van der Waals surface area contributed by atoms with Gasteiger partial charge in [0.2, 0.25) is 0 Å². The minimum atomic E-state index is -0.887. The van der Waals surface area contributed by atoms with Gasteiger partial charge in [0.15, 0.2) is 11.3 Å². The van der Waals surface area contributed by atoms with Crippen molar-refractivity contribution in [1.82, 2.24) is 4.90 Å². The van der Waals surface area contributed by atoms with Crippen molar-refractivity contribution in [3.05, 3.63) is 73.2 Å². The molecule has 0 aliphatic heterocycles. The van der Waals surface area contributed by atoms with Crippen LogP contribution in [0, 0.1) is 11.3 Å². The number of carbonyl (C=O) groups is 2. The molecule has 2 rings (SSSR count). The maximum atomic E-state index is 12.7. The Morgan fingerprint density at radius 2 is 1.43 bits per heavy atom. The summed E-state index contributed by atoms with van der Waals surface area (Å²) in [5.41, 5.74) is -0.257. The maximum absolute atomic E-state index is 12.7. The molecule has 0 N–H and O–H groups in total. The van der Waals surface area contributed by atoms with Gasteiger partial charge in [-0.2, -0.15) is 5.26 Å². The van der Waals surface area contributed by atoms with Crippen molar-refractivity contribution < 1.29 is 14.3 Å². The van der Waals surface area contributed by atoms with E-state index in [1.54, 1.807) is 6.07 Å². The summed E-state index contributed by atoms with van der Waals surface area (Å²) in [6.07, 6.45) is 0. The molecule has 9 heteroatoms. The number of carbonyl (C=O) groups excluding carboxylic acids is 2. The number of benzene rings is 2. The van der Waals surface area contributed by atoms with Crippen molar-refractivity contribution >= 4 is 64.0 Å². The van der Waals surface area contributed by atoms with Gasteiger partial charge in [0.05, 0.1) is 15.6 Å². The molecule has 5 nitrogen and oxygen atoms in total. The van der Waals surface area contributed by atoms with Crippen molar-refractivity contribution in [2.75, 3.05) is 14.1 Å². The number of amides is 1. The van der Waals surface area contributed by atoms with E-state index >= 15 is 0 Å². The summed E-state index contributed by atoms with van der Waals surface area (Å²) in [5.74, 6) is -1.86. The Morgan fingerprint density at radius 3 is 1.86 bits per heavy atom. The second-order valence-electron chi connectivity index (χ2n) is 5.65. The van der Waals surface area contributed by atoms with Crippen LogP contribution >= 0.6 is 46.4 Å². The molecule has 0 bridgehead atoms. The van der Waals surface area contributed by atoms with Crippen LogP contribution in [-0.4, -0.2) is 30.9 Å². The lowest BCUT2D eigenvalue weighted by Gasteiger charge is -2.16. The van der Waals surface area contributed by atoms with Crippen molar-refractivity contribution in [2.24, 2.45) is 0 Å². The van der Waals surface area contributed by atoms with Crippen LogP contribution in [0.3, 0.4) is 0 Å². The fourth-order valence-corrected chi connectivity index (χ4v) is 3.12. The number of hydrogen-bond donors (Lipinski definition) is 0. The van der Waals surface area contributed by atoms with Gasteiger partial charge in [-0.1, -0.05) is 46.4 Å². The van der Waals surface area contributed by atoms with Gasteiger partial charge >= 0.3 is 5.97 Å². The third kappa shape index (κ3) is 4.98.